The molecule has 2 radical (unpaired) electrons. The summed E-state index contributed by atoms with van der Waals surface area (Å²) < 4.78 is 10.3. The van der Waals surface area contributed by atoms with E-state index in [1.54, 1.807) is 0 Å². The molecule has 4 atom stereocenters. The molecule has 3 saturated heterocycles. The van der Waals surface area contributed by atoms with E-state index in [1.807, 2.05) is 6.92 Å². The summed E-state index contributed by atoms with van der Waals surface area (Å²) in [5.41, 5.74) is 0. The Balaban J connectivity index is 1.73. The quantitative estimate of drug-likeness (QED) is 0.660. The molecule has 0 amide bonds. The zero-order valence-electron chi connectivity index (χ0n) is 15.2. The molecule has 0 aromatic carbocycles. The van der Waals surface area contributed by atoms with Crippen molar-refractivity contribution < 1.29 is 19.1 Å². The molecule has 3 aliphatic rings. The number of methoxy groups -OCH3 is 1. The van der Waals surface area contributed by atoms with Crippen LogP contribution >= 0.6 is 0 Å². The molecule has 0 aliphatic carbocycles. The van der Waals surface area contributed by atoms with Crippen LogP contribution in [-0.2, 0) is 19.1 Å². The lowest BCUT2D eigenvalue weighted by Crippen LogP contribution is -2.50. The van der Waals surface area contributed by atoms with Gasteiger partial charge in [0.25, 0.3) is 0 Å². The number of nitrogens with zero attached hydrogens (tertiary/aromatic N) is 3. The first-order valence-corrected chi connectivity index (χ1v) is 9.36. The third-order valence-corrected chi connectivity index (χ3v) is 5.61. The highest BCUT2D eigenvalue weighted by Crippen LogP contribution is 2.32. The smallest absolute Gasteiger partial charge is 0.323 e. The molecule has 3 rings (SSSR count). The first-order valence-electron chi connectivity index (χ1n) is 9.36. The minimum absolute atomic E-state index is 0.145. The zero-order valence-corrected chi connectivity index (χ0v) is 15.2. The standard InChI is InChI=1S/C18H29N3O4/c1-3-25-18(23)16-10-14(12-21(16)13-6-4-8-19-11-13)20-9-5-7-15(20)17(22)24-2/h5,13-16H,3-4,6-12H2,1-2H3. The van der Waals surface area contributed by atoms with Crippen molar-refractivity contribution in [1.82, 2.24) is 15.1 Å². The number of ether oxygens (including phenoxy) is 2. The van der Waals surface area contributed by atoms with Crippen LogP contribution in [0.15, 0.2) is 0 Å². The van der Waals surface area contributed by atoms with Crippen molar-refractivity contribution in [2.24, 2.45) is 0 Å². The van der Waals surface area contributed by atoms with Gasteiger partial charge < -0.3 is 9.47 Å². The van der Waals surface area contributed by atoms with Gasteiger partial charge in [0.15, 0.2) is 0 Å². The van der Waals surface area contributed by atoms with Crippen LogP contribution in [0.25, 0.3) is 0 Å². The van der Waals surface area contributed by atoms with E-state index < -0.39 is 0 Å². The van der Waals surface area contributed by atoms with Crippen LogP contribution in [0.1, 0.15) is 32.6 Å². The SMILES string of the molecule is CCOC(=O)C1CC(N2C[CH]CC2C(=O)OC)CN1C1CCC[N]C1. The molecule has 0 N–H and O–H groups in total. The molecule has 0 aromatic rings. The minimum atomic E-state index is -0.234. The summed E-state index contributed by atoms with van der Waals surface area (Å²) >= 11 is 0. The van der Waals surface area contributed by atoms with Gasteiger partial charge in [-0.2, -0.15) is 0 Å². The molecule has 0 bridgehead atoms. The van der Waals surface area contributed by atoms with Gasteiger partial charge in [0.2, 0.25) is 0 Å². The molecule has 7 nitrogen and oxygen atoms in total. The number of likely N-dealkylation sites (tertiary alicyclic amines) is 2. The molecule has 4 unspecified atom stereocenters. The number of hydrogen-bond donors (Lipinski definition) is 0. The number of piperidine rings is 1. The molecule has 3 heterocycles. The van der Waals surface area contributed by atoms with Crippen LogP contribution in [0.3, 0.4) is 0 Å². The summed E-state index contributed by atoms with van der Waals surface area (Å²) in [5, 5.41) is 4.53. The summed E-state index contributed by atoms with van der Waals surface area (Å²) in [5.74, 6) is -0.332. The molecule has 140 valence electrons. The summed E-state index contributed by atoms with van der Waals surface area (Å²) in [6.07, 6.45) is 5.69. The maximum atomic E-state index is 12.5. The highest BCUT2D eigenvalue weighted by molar-refractivity contribution is 5.77. The Morgan fingerprint density at radius 2 is 2.04 bits per heavy atom. The van der Waals surface area contributed by atoms with Crippen molar-refractivity contribution in [1.29, 1.82) is 0 Å². The molecule has 3 fully saturated rings. The van der Waals surface area contributed by atoms with Gasteiger partial charge in [-0.25, -0.2) is 5.32 Å². The van der Waals surface area contributed by atoms with Crippen LogP contribution in [0.5, 0.6) is 0 Å². The lowest BCUT2D eigenvalue weighted by Gasteiger charge is -2.34. The largest absolute Gasteiger partial charge is 0.468 e. The van der Waals surface area contributed by atoms with Crippen LogP contribution in [0, 0.1) is 6.42 Å². The number of rotatable bonds is 5. The van der Waals surface area contributed by atoms with E-state index in [9.17, 15) is 9.59 Å². The molecule has 25 heavy (non-hydrogen) atoms. The van der Waals surface area contributed by atoms with E-state index in [4.69, 9.17) is 9.47 Å². The third-order valence-electron chi connectivity index (χ3n) is 5.61. The monoisotopic (exact) mass is 351 g/mol. The van der Waals surface area contributed by atoms with Gasteiger partial charge in [0.05, 0.1) is 13.7 Å². The fourth-order valence-electron chi connectivity index (χ4n) is 4.41. The second kappa shape index (κ2) is 8.47. The molecule has 7 heteroatoms. The Morgan fingerprint density at radius 1 is 1.20 bits per heavy atom. The average molecular weight is 351 g/mol. The second-order valence-corrected chi connectivity index (χ2v) is 7.04. The lowest BCUT2D eigenvalue weighted by molar-refractivity contribution is -0.149. The lowest BCUT2D eigenvalue weighted by atomic mass is 10.0. The number of hydrogen-bond acceptors (Lipinski definition) is 6. The summed E-state index contributed by atoms with van der Waals surface area (Å²) in [4.78, 5) is 29.1. The van der Waals surface area contributed by atoms with Crippen LogP contribution in [0.4, 0.5) is 0 Å². The van der Waals surface area contributed by atoms with Crippen molar-refractivity contribution in [3.05, 3.63) is 6.42 Å². The van der Waals surface area contributed by atoms with Crippen molar-refractivity contribution in [3.8, 4) is 0 Å². The minimum Gasteiger partial charge on any atom is -0.468 e. The van der Waals surface area contributed by atoms with Crippen LogP contribution < -0.4 is 5.32 Å². The topological polar surface area (TPSA) is 73.2 Å². The average Bonchev–Trinajstić information content (AvgIpc) is 3.29. The van der Waals surface area contributed by atoms with Gasteiger partial charge >= 0.3 is 11.9 Å². The molecule has 0 saturated carbocycles. The molecular formula is C18H29N3O4. The van der Waals surface area contributed by atoms with Gasteiger partial charge in [-0.1, -0.05) is 0 Å². The zero-order chi connectivity index (χ0) is 17.8. The molecule has 3 aliphatic heterocycles. The van der Waals surface area contributed by atoms with Gasteiger partial charge in [-0.3, -0.25) is 19.4 Å². The summed E-state index contributed by atoms with van der Waals surface area (Å²) in [6.45, 7) is 5.49. The van der Waals surface area contributed by atoms with E-state index >= 15 is 0 Å². The van der Waals surface area contributed by atoms with E-state index in [1.165, 1.54) is 7.11 Å². The molecule has 0 aromatic heterocycles. The normalized spacial score (nSPS) is 34.2. The predicted octanol–water partition coefficient (Wildman–Crippen LogP) is 0.211. The summed E-state index contributed by atoms with van der Waals surface area (Å²) in [6, 6.07) is 0.00600. The van der Waals surface area contributed by atoms with E-state index in [0.717, 1.165) is 39.0 Å². The number of carbonyl (C=O) groups excluding carboxylic acids is 2. The fourth-order valence-corrected chi connectivity index (χ4v) is 4.41. The Morgan fingerprint density at radius 3 is 2.72 bits per heavy atom. The van der Waals surface area contributed by atoms with Gasteiger partial charge in [0, 0.05) is 38.3 Å². The van der Waals surface area contributed by atoms with Crippen molar-refractivity contribution in [3.63, 3.8) is 0 Å². The Labute approximate surface area is 150 Å². The Kier molecular flexibility index (Phi) is 6.30. The number of carbonyl (C=O) groups is 2. The highest BCUT2D eigenvalue weighted by atomic mass is 16.5. The van der Waals surface area contributed by atoms with E-state index in [-0.39, 0.29) is 30.1 Å². The van der Waals surface area contributed by atoms with Crippen molar-refractivity contribution in [2.75, 3.05) is 39.9 Å². The fraction of sp³-hybridized carbons (Fsp3) is 0.833. The first kappa shape index (κ1) is 18.6. The maximum absolute atomic E-state index is 12.5. The molecular weight excluding hydrogens is 322 g/mol. The second-order valence-electron chi connectivity index (χ2n) is 7.04. The summed E-state index contributed by atoms with van der Waals surface area (Å²) in [7, 11) is 1.44. The van der Waals surface area contributed by atoms with Gasteiger partial charge in [-0.15, -0.1) is 0 Å². The van der Waals surface area contributed by atoms with Gasteiger partial charge in [0.1, 0.15) is 12.1 Å². The van der Waals surface area contributed by atoms with E-state index in [0.29, 0.717) is 25.5 Å². The van der Waals surface area contributed by atoms with Crippen molar-refractivity contribution in [2.45, 2.75) is 56.8 Å². The third kappa shape index (κ3) is 3.99. The molecule has 0 spiro atoms. The predicted molar refractivity (Wildman–Crippen MR) is 91.8 cm³/mol. The van der Waals surface area contributed by atoms with Crippen LogP contribution in [0.2, 0.25) is 0 Å². The highest BCUT2D eigenvalue weighted by Gasteiger charge is 2.46. The Hall–Kier alpha value is -1.18. The van der Waals surface area contributed by atoms with E-state index in [2.05, 4.69) is 21.5 Å². The Bertz CT molecular complexity index is 481. The van der Waals surface area contributed by atoms with Crippen LogP contribution in [-0.4, -0.2) is 85.8 Å². The van der Waals surface area contributed by atoms with Crippen molar-refractivity contribution >= 4 is 11.9 Å². The maximum Gasteiger partial charge on any atom is 0.323 e. The number of esters is 2. The van der Waals surface area contributed by atoms with Gasteiger partial charge in [-0.05, 0) is 39.0 Å². The first-order chi connectivity index (χ1) is 12.2.